The molecule has 0 saturated carbocycles. The van der Waals surface area contributed by atoms with Gasteiger partial charge in [-0.1, -0.05) is 31.3 Å². The summed E-state index contributed by atoms with van der Waals surface area (Å²) in [6.07, 6.45) is 3.67. The molecule has 0 amide bonds. The fraction of sp³-hybridized carbons (Fsp3) is 0.500. The van der Waals surface area contributed by atoms with E-state index in [0.717, 1.165) is 29.1 Å². The zero-order chi connectivity index (χ0) is 14.5. The van der Waals surface area contributed by atoms with E-state index in [1.807, 2.05) is 6.20 Å². The van der Waals surface area contributed by atoms with E-state index >= 15 is 0 Å². The first kappa shape index (κ1) is 15.0. The molecule has 0 fully saturated rings. The number of aromatic nitrogens is 3. The smallest absolute Gasteiger partial charge is 0.0829 e. The first-order valence-electron chi connectivity index (χ1n) is 6.87. The summed E-state index contributed by atoms with van der Waals surface area (Å²) in [4.78, 5) is 5.59. The van der Waals surface area contributed by atoms with Gasteiger partial charge in [0.2, 0.25) is 0 Å². The molecule has 2 rings (SSSR count). The molecule has 6 heteroatoms. The first-order valence-corrected chi connectivity index (χ1v) is 7.65. The van der Waals surface area contributed by atoms with E-state index in [1.165, 1.54) is 17.1 Å². The maximum Gasteiger partial charge on any atom is 0.0829 e. The molecule has 1 unspecified atom stereocenters. The molecule has 20 heavy (non-hydrogen) atoms. The standard InChI is InChI=1S/C14H21N5S/c1-4-10-5-6-11(16-8-10)7-12(17-15)14-13(9(2)3)18-19-20-14/h5-6,8-9,12,17H,4,7,15H2,1-3H3. The highest BCUT2D eigenvalue weighted by Crippen LogP contribution is 2.27. The molecule has 0 aromatic carbocycles. The number of aryl methyl sites for hydroxylation is 1. The second-order valence-electron chi connectivity index (χ2n) is 5.11. The van der Waals surface area contributed by atoms with Crippen LogP contribution in [-0.2, 0) is 12.8 Å². The van der Waals surface area contributed by atoms with Crippen molar-refractivity contribution in [1.29, 1.82) is 0 Å². The Morgan fingerprint density at radius 1 is 1.35 bits per heavy atom. The maximum absolute atomic E-state index is 5.71. The van der Waals surface area contributed by atoms with Crippen molar-refractivity contribution in [2.75, 3.05) is 0 Å². The van der Waals surface area contributed by atoms with Crippen LogP contribution in [0, 0.1) is 0 Å². The van der Waals surface area contributed by atoms with Crippen LogP contribution in [0.5, 0.6) is 0 Å². The fourth-order valence-corrected chi connectivity index (χ4v) is 2.93. The third-order valence-electron chi connectivity index (χ3n) is 3.31. The van der Waals surface area contributed by atoms with E-state index in [2.05, 4.69) is 52.9 Å². The molecule has 0 aliphatic heterocycles. The number of pyridine rings is 1. The highest BCUT2D eigenvalue weighted by molar-refractivity contribution is 7.05. The van der Waals surface area contributed by atoms with Crippen LogP contribution in [0.25, 0.3) is 0 Å². The average Bonchev–Trinajstić information content (AvgIpc) is 2.95. The van der Waals surface area contributed by atoms with E-state index in [4.69, 9.17) is 5.84 Å². The van der Waals surface area contributed by atoms with Gasteiger partial charge in [0.1, 0.15) is 0 Å². The van der Waals surface area contributed by atoms with Crippen LogP contribution in [0.2, 0.25) is 0 Å². The van der Waals surface area contributed by atoms with Gasteiger partial charge in [-0.25, -0.2) is 0 Å². The summed E-state index contributed by atoms with van der Waals surface area (Å²) in [5.41, 5.74) is 6.15. The van der Waals surface area contributed by atoms with Crippen molar-refractivity contribution >= 4 is 11.5 Å². The monoisotopic (exact) mass is 291 g/mol. The molecule has 0 bridgehead atoms. The van der Waals surface area contributed by atoms with E-state index in [9.17, 15) is 0 Å². The summed E-state index contributed by atoms with van der Waals surface area (Å²) in [7, 11) is 0. The van der Waals surface area contributed by atoms with Crippen molar-refractivity contribution in [2.24, 2.45) is 5.84 Å². The van der Waals surface area contributed by atoms with Gasteiger partial charge in [-0.05, 0) is 35.5 Å². The van der Waals surface area contributed by atoms with Gasteiger partial charge in [-0.15, -0.1) is 5.10 Å². The summed E-state index contributed by atoms with van der Waals surface area (Å²) in [5.74, 6) is 6.05. The zero-order valence-electron chi connectivity index (χ0n) is 12.1. The molecular weight excluding hydrogens is 270 g/mol. The number of hydrazine groups is 1. The largest absolute Gasteiger partial charge is 0.271 e. The molecule has 108 valence electrons. The van der Waals surface area contributed by atoms with Crippen LogP contribution in [0.3, 0.4) is 0 Å². The molecule has 5 nitrogen and oxygen atoms in total. The maximum atomic E-state index is 5.71. The van der Waals surface area contributed by atoms with Crippen LogP contribution in [0.4, 0.5) is 0 Å². The SMILES string of the molecule is CCc1ccc(CC(NN)c2snnc2C(C)C)nc1. The Balaban J connectivity index is 2.17. The molecule has 0 aliphatic rings. The predicted octanol–water partition coefficient (Wildman–Crippen LogP) is 2.37. The van der Waals surface area contributed by atoms with Crippen molar-refractivity contribution in [3.05, 3.63) is 40.2 Å². The second kappa shape index (κ2) is 6.88. The normalized spacial score (nSPS) is 12.8. The number of nitrogens with zero attached hydrogens (tertiary/aromatic N) is 3. The fourth-order valence-electron chi connectivity index (χ4n) is 2.07. The molecule has 0 saturated heterocycles. The lowest BCUT2D eigenvalue weighted by Crippen LogP contribution is -2.30. The van der Waals surface area contributed by atoms with Gasteiger partial charge in [-0.2, -0.15) is 0 Å². The Hall–Kier alpha value is -1.37. The second-order valence-corrected chi connectivity index (χ2v) is 5.90. The molecule has 2 heterocycles. The summed E-state index contributed by atoms with van der Waals surface area (Å²) in [5, 5.41) is 4.21. The number of hydrogen-bond donors (Lipinski definition) is 2. The molecule has 3 N–H and O–H groups in total. The van der Waals surface area contributed by atoms with E-state index < -0.39 is 0 Å². The van der Waals surface area contributed by atoms with Crippen molar-refractivity contribution < 1.29 is 0 Å². The highest BCUT2D eigenvalue weighted by Gasteiger charge is 2.21. The van der Waals surface area contributed by atoms with Crippen LogP contribution in [0.1, 0.15) is 54.6 Å². The van der Waals surface area contributed by atoms with E-state index in [0.29, 0.717) is 5.92 Å². The van der Waals surface area contributed by atoms with Gasteiger partial charge < -0.3 is 0 Å². The van der Waals surface area contributed by atoms with Gasteiger partial charge in [0.25, 0.3) is 0 Å². The van der Waals surface area contributed by atoms with Crippen molar-refractivity contribution in [3.8, 4) is 0 Å². The van der Waals surface area contributed by atoms with E-state index in [1.54, 1.807) is 0 Å². The molecule has 2 aromatic heterocycles. The van der Waals surface area contributed by atoms with Gasteiger partial charge >= 0.3 is 0 Å². The number of nitrogens with two attached hydrogens (primary N) is 1. The Morgan fingerprint density at radius 2 is 2.15 bits per heavy atom. The van der Waals surface area contributed by atoms with E-state index in [-0.39, 0.29) is 6.04 Å². The summed E-state index contributed by atoms with van der Waals surface area (Å²) in [6, 6.07) is 4.18. The molecule has 0 aliphatic carbocycles. The van der Waals surface area contributed by atoms with Gasteiger partial charge in [0.15, 0.2) is 0 Å². The minimum atomic E-state index is 0.00683. The summed E-state index contributed by atoms with van der Waals surface area (Å²) < 4.78 is 4.06. The molecule has 2 aromatic rings. The molecule has 0 radical (unpaired) electrons. The molecular formula is C14H21N5S. The third kappa shape index (κ3) is 3.39. The quantitative estimate of drug-likeness (QED) is 0.631. The Kier molecular flexibility index (Phi) is 5.17. The lowest BCUT2D eigenvalue weighted by Gasteiger charge is -2.15. The van der Waals surface area contributed by atoms with Gasteiger partial charge in [-0.3, -0.25) is 16.3 Å². The first-order chi connectivity index (χ1) is 9.65. The summed E-state index contributed by atoms with van der Waals surface area (Å²) in [6.45, 7) is 6.35. The number of rotatable bonds is 6. The Morgan fingerprint density at radius 3 is 2.70 bits per heavy atom. The number of nitrogens with one attached hydrogen (secondary N) is 1. The van der Waals surface area contributed by atoms with Gasteiger partial charge in [0.05, 0.1) is 16.6 Å². The lowest BCUT2D eigenvalue weighted by atomic mass is 10.0. The van der Waals surface area contributed by atoms with Crippen LogP contribution < -0.4 is 11.3 Å². The average molecular weight is 291 g/mol. The predicted molar refractivity (Wildman–Crippen MR) is 81.4 cm³/mol. The van der Waals surface area contributed by atoms with Crippen LogP contribution >= 0.6 is 11.5 Å². The Bertz CT molecular complexity index is 535. The van der Waals surface area contributed by atoms with Crippen molar-refractivity contribution in [3.63, 3.8) is 0 Å². The molecule has 0 spiro atoms. The Labute approximate surface area is 123 Å². The van der Waals surface area contributed by atoms with Crippen molar-refractivity contribution in [2.45, 2.75) is 45.6 Å². The summed E-state index contributed by atoms with van der Waals surface area (Å²) >= 11 is 1.41. The van der Waals surface area contributed by atoms with Crippen LogP contribution in [-0.4, -0.2) is 14.6 Å². The highest BCUT2D eigenvalue weighted by atomic mass is 32.1. The van der Waals surface area contributed by atoms with Crippen molar-refractivity contribution in [1.82, 2.24) is 20.0 Å². The molecule has 1 atom stereocenters. The van der Waals surface area contributed by atoms with Crippen LogP contribution in [0.15, 0.2) is 18.3 Å². The third-order valence-corrected chi connectivity index (χ3v) is 4.17. The minimum Gasteiger partial charge on any atom is -0.271 e. The minimum absolute atomic E-state index is 0.00683. The lowest BCUT2D eigenvalue weighted by molar-refractivity contribution is 0.545. The zero-order valence-corrected chi connectivity index (χ0v) is 12.9. The topological polar surface area (TPSA) is 76.7 Å². The number of hydrogen-bond acceptors (Lipinski definition) is 6. The van der Waals surface area contributed by atoms with Gasteiger partial charge in [0, 0.05) is 18.3 Å².